The summed E-state index contributed by atoms with van der Waals surface area (Å²) < 4.78 is 7.84. The molecule has 1 rings (SSSR count). The summed E-state index contributed by atoms with van der Waals surface area (Å²) in [5, 5.41) is 0. The van der Waals surface area contributed by atoms with E-state index in [-0.39, 0.29) is 0 Å². The zero-order valence-corrected chi connectivity index (χ0v) is 12.8. The zero-order valence-electron chi connectivity index (χ0n) is 12.8. The Balaban J connectivity index is 2.44. The lowest BCUT2D eigenvalue weighted by molar-refractivity contribution is 0.115. The molecule has 0 aliphatic heterocycles. The summed E-state index contributed by atoms with van der Waals surface area (Å²) in [6.07, 6.45) is 4.94. The van der Waals surface area contributed by atoms with E-state index in [0.29, 0.717) is 24.3 Å². The number of hydrogen-bond acceptors (Lipinski definition) is 3. The maximum absolute atomic E-state index is 5.87. The molecule has 0 fully saturated rings. The second-order valence-electron chi connectivity index (χ2n) is 5.89. The molecule has 4 nitrogen and oxygen atoms in total. The van der Waals surface area contributed by atoms with Gasteiger partial charge in [-0.15, -0.1) is 0 Å². The summed E-state index contributed by atoms with van der Waals surface area (Å²) in [4.78, 5) is 4.25. The normalized spacial score (nSPS) is 13.4. The van der Waals surface area contributed by atoms with E-state index < -0.39 is 0 Å². The Bertz CT molecular complexity index is 347. The fraction of sp³-hybridized carbons (Fsp3) is 0.800. The highest BCUT2D eigenvalue weighted by atomic mass is 16.5. The molecule has 1 aromatic heterocycles. The van der Waals surface area contributed by atoms with Gasteiger partial charge >= 0.3 is 0 Å². The average molecular weight is 267 g/mol. The Morgan fingerprint density at radius 2 is 2.00 bits per heavy atom. The van der Waals surface area contributed by atoms with E-state index in [1.165, 1.54) is 5.69 Å². The van der Waals surface area contributed by atoms with Gasteiger partial charge in [0.15, 0.2) is 0 Å². The van der Waals surface area contributed by atoms with Crippen LogP contribution in [0, 0.1) is 11.8 Å². The molecule has 1 atom stereocenters. The van der Waals surface area contributed by atoms with Crippen molar-refractivity contribution in [1.82, 2.24) is 9.55 Å². The van der Waals surface area contributed by atoms with Crippen LogP contribution in [-0.4, -0.2) is 29.3 Å². The number of nitrogens with zero attached hydrogens (tertiary/aromatic N) is 2. The number of hydrogen-bond donors (Lipinski definition) is 1. The molecule has 4 heteroatoms. The Hall–Kier alpha value is -0.870. The van der Waals surface area contributed by atoms with Gasteiger partial charge in [-0.3, -0.25) is 0 Å². The molecule has 1 heterocycles. The molecule has 0 radical (unpaired) electrons. The molecule has 0 bridgehead atoms. The summed E-state index contributed by atoms with van der Waals surface area (Å²) in [6, 6.07) is 0. The van der Waals surface area contributed by atoms with Crippen molar-refractivity contribution in [2.24, 2.45) is 17.6 Å². The van der Waals surface area contributed by atoms with Crippen molar-refractivity contribution in [1.29, 1.82) is 0 Å². The number of ether oxygens (including phenoxy) is 1. The number of aromatic nitrogens is 2. The Morgan fingerprint density at radius 1 is 1.26 bits per heavy atom. The van der Waals surface area contributed by atoms with Crippen LogP contribution in [0.2, 0.25) is 0 Å². The van der Waals surface area contributed by atoms with Crippen LogP contribution < -0.4 is 5.73 Å². The first kappa shape index (κ1) is 16.2. The van der Waals surface area contributed by atoms with Crippen molar-refractivity contribution in [3.63, 3.8) is 0 Å². The maximum atomic E-state index is 5.87. The third-order valence-electron chi connectivity index (χ3n) is 3.50. The smallest absolute Gasteiger partial charge is 0.0949 e. The molecule has 1 unspecified atom stereocenters. The minimum Gasteiger partial charge on any atom is -0.380 e. The highest BCUT2D eigenvalue weighted by Gasteiger charge is 2.17. The summed E-state index contributed by atoms with van der Waals surface area (Å²) >= 11 is 0. The fourth-order valence-corrected chi connectivity index (χ4v) is 2.14. The summed E-state index contributed by atoms with van der Waals surface area (Å²) in [5.41, 5.74) is 7.10. The Kier molecular flexibility index (Phi) is 7.10. The molecule has 0 saturated carbocycles. The Morgan fingerprint density at radius 3 is 2.58 bits per heavy atom. The predicted octanol–water partition coefficient (Wildman–Crippen LogP) is 2.64. The van der Waals surface area contributed by atoms with Crippen LogP contribution in [0.3, 0.4) is 0 Å². The van der Waals surface area contributed by atoms with E-state index in [1.807, 2.05) is 12.5 Å². The van der Waals surface area contributed by atoms with Crippen LogP contribution in [0.1, 0.15) is 45.7 Å². The average Bonchev–Trinajstić information content (AvgIpc) is 2.77. The first-order chi connectivity index (χ1) is 9.06. The fourth-order valence-electron chi connectivity index (χ4n) is 2.14. The van der Waals surface area contributed by atoms with Crippen LogP contribution in [0.5, 0.6) is 0 Å². The van der Waals surface area contributed by atoms with Gasteiger partial charge in [0.05, 0.1) is 12.9 Å². The molecule has 110 valence electrons. The van der Waals surface area contributed by atoms with Crippen LogP contribution in [0.4, 0.5) is 0 Å². The molecule has 0 spiro atoms. The highest BCUT2D eigenvalue weighted by Crippen LogP contribution is 2.22. The van der Waals surface area contributed by atoms with Crippen LogP contribution in [0.15, 0.2) is 12.5 Å². The molecule has 2 N–H and O–H groups in total. The van der Waals surface area contributed by atoms with Crippen molar-refractivity contribution in [2.45, 2.75) is 46.6 Å². The molecular weight excluding hydrogens is 238 g/mol. The van der Waals surface area contributed by atoms with E-state index in [4.69, 9.17) is 10.5 Å². The molecule has 0 aliphatic rings. The van der Waals surface area contributed by atoms with E-state index in [0.717, 1.165) is 26.2 Å². The van der Waals surface area contributed by atoms with E-state index in [1.54, 1.807) is 0 Å². The standard InChI is InChI=1S/C15H29N3O/c1-12(2)5-7-19-8-6-18-11-17-10-15(18)14(9-16)13(3)4/h10-14H,5-9,16H2,1-4H3. The van der Waals surface area contributed by atoms with Crippen molar-refractivity contribution in [3.05, 3.63) is 18.2 Å². The lowest BCUT2D eigenvalue weighted by Crippen LogP contribution is -2.21. The van der Waals surface area contributed by atoms with Gasteiger partial charge in [0.1, 0.15) is 0 Å². The summed E-state index contributed by atoms with van der Waals surface area (Å²) in [6.45, 7) is 11.9. The van der Waals surface area contributed by atoms with Gasteiger partial charge in [0.2, 0.25) is 0 Å². The van der Waals surface area contributed by atoms with Crippen LogP contribution in [0.25, 0.3) is 0 Å². The van der Waals surface area contributed by atoms with Gasteiger partial charge in [-0.1, -0.05) is 27.7 Å². The van der Waals surface area contributed by atoms with Gasteiger partial charge in [-0.2, -0.15) is 0 Å². The minimum atomic E-state index is 0.373. The summed E-state index contributed by atoms with van der Waals surface area (Å²) in [5.74, 6) is 1.60. The molecule has 0 amide bonds. The first-order valence-electron chi connectivity index (χ1n) is 7.34. The van der Waals surface area contributed by atoms with Crippen molar-refractivity contribution in [3.8, 4) is 0 Å². The second kappa shape index (κ2) is 8.33. The maximum Gasteiger partial charge on any atom is 0.0949 e. The van der Waals surface area contributed by atoms with Gasteiger partial charge in [-0.05, 0) is 18.3 Å². The minimum absolute atomic E-state index is 0.373. The third kappa shape index (κ3) is 5.33. The molecular formula is C15H29N3O. The lowest BCUT2D eigenvalue weighted by atomic mass is 9.93. The lowest BCUT2D eigenvalue weighted by Gasteiger charge is -2.20. The number of rotatable bonds is 9. The van der Waals surface area contributed by atoms with Crippen molar-refractivity contribution < 1.29 is 4.74 Å². The molecule has 1 aromatic rings. The SMILES string of the molecule is CC(C)CCOCCn1cncc1C(CN)C(C)C. The highest BCUT2D eigenvalue weighted by molar-refractivity contribution is 5.08. The van der Waals surface area contributed by atoms with Crippen molar-refractivity contribution in [2.75, 3.05) is 19.8 Å². The molecule has 0 saturated heterocycles. The van der Waals surface area contributed by atoms with Crippen LogP contribution in [-0.2, 0) is 11.3 Å². The third-order valence-corrected chi connectivity index (χ3v) is 3.50. The van der Waals surface area contributed by atoms with E-state index >= 15 is 0 Å². The summed E-state index contributed by atoms with van der Waals surface area (Å²) in [7, 11) is 0. The van der Waals surface area contributed by atoms with Gasteiger partial charge in [0.25, 0.3) is 0 Å². The zero-order chi connectivity index (χ0) is 14.3. The predicted molar refractivity (Wildman–Crippen MR) is 79.1 cm³/mol. The van der Waals surface area contributed by atoms with Gasteiger partial charge in [-0.25, -0.2) is 4.98 Å². The largest absolute Gasteiger partial charge is 0.380 e. The first-order valence-corrected chi connectivity index (χ1v) is 7.34. The van der Waals surface area contributed by atoms with Gasteiger partial charge < -0.3 is 15.0 Å². The van der Waals surface area contributed by atoms with Gasteiger partial charge in [0, 0.05) is 37.5 Å². The van der Waals surface area contributed by atoms with Crippen molar-refractivity contribution >= 4 is 0 Å². The quantitative estimate of drug-likeness (QED) is 0.700. The monoisotopic (exact) mass is 267 g/mol. The molecule has 0 aromatic carbocycles. The second-order valence-corrected chi connectivity index (χ2v) is 5.89. The number of imidazole rings is 1. The molecule has 19 heavy (non-hydrogen) atoms. The van der Waals surface area contributed by atoms with E-state index in [9.17, 15) is 0 Å². The topological polar surface area (TPSA) is 53.1 Å². The Labute approximate surface area is 117 Å². The van der Waals surface area contributed by atoms with Crippen LogP contribution >= 0.6 is 0 Å². The number of nitrogens with two attached hydrogens (primary N) is 1. The van der Waals surface area contributed by atoms with E-state index in [2.05, 4.69) is 37.2 Å². The molecule has 0 aliphatic carbocycles.